The SMILES string of the molecule is Cc1ccc(C2=C[C@H](c3cccs3)n3c(nc4ccccc43)N2)cc1. The summed E-state index contributed by atoms with van der Waals surface area (Å²) in [4.78, 5) is 6.14. The van der Waals surface area contributed by atoms with Gasteiger partial charge in [0.1, 0.15) is 0 Å². The van der Waals surface area contributed by atoms with Crippen LogP contribution in [0.2, 0.25) is 0 Å². The van der Waals surface area contributed by atoms with Crippen LogP contribution in [0, 0.1) is 6.92 Å². The van der Waals surface area contributed by atoms with E-state index in [1.807, 2.05) is 6.07 Å². The van der Waals surface area contributed by atoms with Crippen molar-refractivity contribution in [1.29, 1.82) is 0 Å². The van der Waals surface area contributed by atoms with E-state index in [0.29, 0.717) is 0 Å². The summed E-state index contributed by atoms with van der Waals surface area (Å²) < 4.78 is 2.29. The number of nitrogens with zero attached hydrogens (tertiary/aromatic N) is 2. The lowest BCUT2D eigenvalue weighted by atomic mass is 10.0. The molecule has 2 aromatic carbocycles. The lowest BCUT2D eigenvalue weighted by Crippen LogP contribution is -2.18. The van der Waals surface area contributed by atoms with Gasteiger partial charge in [0.15, 0.2) is 0 Å². The molecule has 0 saturated heterocycles. The van der Waals surface area contributed by atoms with Gasteiger partial charge in [0.25, 0.3) is 0 Å². The first kappa shape index (κ1) is 14.5. The van der Waals surface area contributed by atoms with Gasteiger partial charge in [0.05, 0.1) is 17.1 Å². The molecular weight excluding hydrogens is 326 g/mol. The predicted octanol–water partition coefficient (Wildman–Crippen LogP) is 5.46. The number of hydrogen-bond donors (Lipinski definition) is 1. The summed E-state index contributed by atoms with van der Waals surface area (Å²) in [5, 5.41) is 5.67. The molecule has 2 aromatic heterocycles. The van der Waals surface area contributed by atoms with E-state index < -0.39 is 0 Å². The van der Waals surface area contributed by atoms with Gasteiger partial charge in [-0.1, -0.05) is 48.0 Å². The molecular formula is C21H17N3S. The van der Waals surface area contributed by atoms with Gasteiger partial charge < -0.3 is 5.32 Å². The van der Waals surface area contributed by atoms with Crippen molar-refractivity contribution >= 4 is 34.0 Å². The van der Waals surface area contributed by atoms with Crippen LogP contribution in [0.5, 0.6) is 0 Å². The van der Waals surface area contributed by atoms with Crippen LogP contribution in [0.1, 0.15) is 22.0 Å². The Bertz CT molecular complexity index is 1070. The number of para-hydroxylation sites is 2. The summed E-state index contributed by atoms with van der Waals surface area (Å²) in [6, 6.07) is 21.4. The van der Waals surface area contributed by atoms with E-state index in [2.05, 4.69) is 82.9 Å². The van der Waals surface area contributed by atoms with Crippen molar-refractivity contribution in [3.05, 3.63) is 88.1 Å². The number of anilines is 1. The zero-order valence-corrected chi connectivity index (χ0v) is 14.6. The second kappa shape index (κ2) is 5.60. The molecule has 25 heavy (non-hydrogen) atoms. The van der Waals surface area contributed by atoms with Crippen LogP contribution in [0.15, 0.2) is 72.1 Å². The molecule has 0 radical (unpaired) electrons. The number of thiophene rings is 1. The summed E-state index contributed by atoms with van der Waals surface area (Å²) in [5.41, 5.74) is 5.74. The van der Waals surface area contributed by atoms with Gasteiger partial charge in [-0.05, 0) is 42.1 Å². The predicted molar refractivity (Wildman–Crippen MR) is 105 cm³/mol. The Balaban J connectivity index is 1.71. The molecule has 1 aliphatic rings. The molecule has 0 spiro atoms. The first-order valence-electron chi connectivity index (χ1n) is 8.36. The summed E-state index contributed by atoms with van der Waals surface area (Å²) in [5.74, 6) is 0.901. The summed E-state index contributed by atoms with van der Waals surface area (Å²) in [6.07, 6.45) is 2.30. The maximum Gasteiger partial charge on any atom is 0.209 e. The van der Waals surface area contributed by atoms with E-state index in [-0.39, 0.29) is 6.04 Å². The number of hydrogen-bond acceptors (Lipinski definition) is 3. The molecule has 0 amide bonds. The second-order valence-electron chi connectivity index (χ2n) is 6.33. The third-order valence-corrected chi connectivity index (χ3v) is 5.59. The van der Waals surface area contributed by atoms with Crippen LogP contribution in [0.4, 0.5) is 5.95 Å². The number of rotatable bonds is 2. The van der Waals surface area contributed by atoms with Crippen LogP contribution in [0.3, 0.4) is 0 Å². The smallest absolute Gasteiger partial charge is 0.209 e. The van der Waals surface area contributed by atoms with Crippen molar-refractivity contribution in [1.82, 2.24) is 9.55 Å². The van der Waals surface area contributed by atoms with E-state index >= 15 is 0 Å². The van der Waals surface area contributed by atoms with Crippen LogP contribution < -0.4 is 5.32 Å². The third kappa shape index (κ3) is 2.37. The average molecular weight is 343 g/mol. The van der Waals surface area contributed by atoms with Crippen LogP contribution >= 0.6 is 11.3 Å². The van der Waals surface area contributed by atoms with Gasteiger partial charge in [0, 0.05) is 10.6 Å². The molecule has 0 aliphatic carbocycles. The number of fused-ring (bicyclic) bond motifs is 3. The lowest BCUT2D eigenvalue weighted by Gasteiger charge is -2.25. The molecule has 4 heteroatoms. The van der Waals surface area contributed by atoms with Crippen molar-refractivity contribution in [3.63, 3.8) is 0 Å². The fraction of sp³-hybridized carbons (Fsp3) is 0.0952. The Morgan fingerprint density at radius 2 is 1.84 bits per heavy atom. The monoisotopic (exact) mass is 343 g/mol. The molecule has 1 atom stereocenters. The molecule has 0 bridgehead atoms. The molecule has 1 N–H and O–H groups in total. The highest BCUT2D eigenvalue weighted by Gasteiger charge is 2.25. The normalized spacial score (nSPS) is 16.4. The molecule has 5 rings (SSSR count). The molecule has 122 valence electrons. The zero-order chi connectivity index (χ0) is 16.8. The van der Waals surface area contributed by atoms with Gasteiger partial charge in [-0.15, -0.1) is 11.3 Å². The highest BCUT2D eigenvalue weighted by atomic mass is 32.1. The van der Waals surface area contributed by atoms with E-state index in [1.54, 1.807) is 11.3 Å². The summed E-state index contributed by atoms with van der Waals surface area (Å²) in [7, 11) is 0. The van der Waals surface area contributed by atoms with Crippen molar-refractivity contribution in [2.24, 2.45) is 0 Å². The molecule has 4 aromatic rings. The Morgan fingerprint density at radius 1 is 1.00 bits per heavy atom. The molecule has 0 unspecified atom stereocenters. The van der Waals surface area contributed by atoms with Crippen molar-refractivity contribution in [2.75, 3.05) is 5.32 Å². The van der Waals surface area contributed by atoms with E-state index in [9.17, 15) is 0 Å². The Hall–Kier alpha value is -2.85. The van der Waals surface area contributed by atoms with Gasteiger partial charge >= 0.3 is 0 Å². The van der Waals surface area contributed by atoms with Gasteiger partial charge in [-0.25, -0.2) is 4.98 Å². The molecule has 3 nitrogen and oxygen atoms in total. The minimum Gasteiger partial charge on any atom is -0.325 e. The highest BCUT2D eigenvalue weighted by molar-refractivity contribution is 7.10. The Kier molecular flexibility index (Phi) is 3.25. The topological polar surface area (TPSA) is 29.9 Å². The van der Waals surface area contributed by atoms with Crippen LogP contribution in [0.25, 0.3) is 16.7 Å². The van der Waals surface area contributed by atoms with E-state index in [1.165, 1.54) is 16.0 Å². The van der Waals surface area contributed by atoms with Crippen molar-refractivity contribution in [3.8, 4) is 0 Å². The molecule has 0 fully saturated rings. The number of imidazole rings is 1. The van der Waals surface area contributed by atoms with Crippen LogP contribution in [-0.4, -0.2) is 9.55 Å². The van der Waals surface area contributed by atoms with E-state index in [4.69, 9.17) is 4.98 Å². The number of aromatic nitrogens is 2. The number of benzene rings is 2. The van der Waals surface area contributed by atoms with Gasteiger partial charge in [0.2, 0.25) is 5.95 Å². The Morgan fingerprint density at radius 3 is 2.64 bits per heavy atom. The first-order valence-corrected chi connectivity index (χ1v) is 9.24. The van der Waals surface area contributed by atoms with Crippen molar-refractivity contribution in [2.45, 2.75) is 13.0 Å². The van der Waals surface area contributed by atoms with E-state index in [0.717, 1.165) is 22.7 Å². The van der Waals surface area contributed by atoms with Crippen molar-refractivity contribution < 1.29 is 0 Å². The summed E-state index contributed by atoms with van der Waals surface area (Å²) in [6.45, 7) is 2.11. The number of nitrogens with one attached hydrogen (secondary N) is 1. The minimum absolute atomic E-state index is 0.153. The average Bonchev–Trinajstić information content (AvgIpc) is 3.29. The largest absolute Gasteiger partial charge is 0.325 e. The van der Waals surface area contributed by atoms with Gasteiger partial charge in [-0.3, -0.25) is 4.57 Å². The first-order chi connectivity index (χ1) is 12.3. The van der Waals surface area contributed by atoms with Crippen LogP contribution in [-0.2, 0) is 0 Å². The number of allylic oxidation sites excluding steroid dienone is 1. The maximum atomic E-state index is 4.82. The number of aryl methyl sites for hydroxylation is 1. The molecule has 1 aliphatic heterocycles. The lowest BCUT2D eigenvalue weighted by molar-refractivity contribution is 0.733. The summed E-state index contributed by atoms with van der Waals surface area (Å²) >= 11 is 1.78. The van der Waals surface area contributed by atoms with Gasteiger partial charge in [-0.2, -0.15) is 0 Å². The second-order valence-corrected chi connectivity index (χ2v) is 7.31. The highest BCUT2D eigenvalue weighted by Crippen LogP contribution is 2.38. The molecule has 3 heterocycles. The maximum absolute atomic E-state index is 4.82. The standard InChI is InChI=1S/C21H17N3S/c1-14-8-10-15(11-9-14)17-13-19(20-7-4-12-25-20)24-18-6-3-2-5-16(18)22-21(24)23-17/h2-13,19H,1H3,(H,22,23)/t19-/m1/s1. The minimum atomic E-state index is 0.153. The fourth-order valence-electron chi connectivity index (χ4n) is 3.38. The quantitative estimate of drug-likeness (QED) is 0.523. The Labute approximate surface area is 150 Å². The fourth-order valence-corrected chi connectivity index (χ4v) is 4.16. The molecule has 0 saturated carbocycles. The third-order valence-electron chi connectivity index (χ3n) is 4.64. The zero-order valence-electron chi connectivity index (χ0n) is 13.8.